The molecule has 0 saturated heterocycles. The van der Waals surface area contributed by atoms with Crippen LogP contribution in [-0.2, 0) is 10.8 Å². The molecule has 0 bridgehead atoms. The van der Waals surface area contributed by atoms with Gasteiger partial charge in [-0.1, -0.05) is 20.8 Å². The summed E-state index contributed by atoms with van der Waals surface area (Å²) in [6.45, 7) is 6.71. The molecule has 1 N–H and O–H groups in total. The molecule has 1 aliphatic rings. The molecule has 0 radical (unpaired) electrons. The first-order chi connectivity index (χ1) is 7.00. The number of hydrogen-bond acceptors (Lipinski definition) is 2. The van der Waals surface area contributed by atoms with E-state index < -0.39 is 10.8 Å². The van der Waals surface area contributed by atoms with Crippen molar-refractivity contribution < 1.29 is 4.21 Å². The van der Waals surface area contributed by atoms with Crippen LogP contribution < -0.4 is 5.32 Å². The topological polar surface area (TPSA) is 29.1 Å². The second-order valence-corrected chi connectivity index (χ2v) is 7.20. The summed E-state index contributed by atoms with van der Waals surface area (Å²) >= 11 is 0. The first-order valence-electron chi connectivity index (χ1n) is 6.04. The Labute approximate surface area is 96.7 Å². The first-order valence-corrected chi connectivity index (χ1v) is 7.43. The van der Waals surface area contributed by atoms with Gasteiger partial charge in [-0.15, -0.1) is 0 Å². The molecule has 2 nitrogen and oxygen atoms in total. The summed E-state index contributed by atoms with van der Waals surface area (Å²) in [5.74, 6) is 0.860. The highest BCUT2D eigenvalue weighted by molar-refractivity contribution is 7.85. The summed E-state index contributed by atoms with van der Waals surface area (Å²) in [5, 5.41) is 3.70. The van der Waals surface area contributed by atoms with Gasteiger partial charge in [0.15, 0.2) is 0 Å². The third kappa shape index (κ3) is 3.56. The lowest BCUT2D eigenvalue weighted by Gasteiger charge is -2.40. The van der Waals surface area contributed by atoms with Gasteiger partial charge >= 0.3 is 0 Å². The van der Waals surface area contributed by atoms with Gasteiger partial charge < -0.3 is 5.32 Å². The summed E-state index contributed by atoms with van der Waals surface area (Å²) in [6.07, 6.45) is 4.55. The van der Waals surface area contributed by atoms with E-state index in [2.05, 4.69) is 26.1 Å². The molecule has 0 aliphatic heterocycles. The minimum atomic E-state index is -0.646. The van der Waals surface area contributed by atoms with Crippen LogP contribution in [0.15, 0.2) is 0 Å². The van der Waals surface area contributed by atoms with Crippen molar-refractivity contribution in [3.05, 3.63) is 0 Å². The highest BCUT2D eigenvalue weighted by atomic mass is 32.2. The van der Waals surface area contributed by atoms with Gasteiger partial charge in [0.25, 0.3) is 0 Å². The molecule has 1 aliphatic carbocycles. The Balaban J connectivity index is 2.67. The first kappa shape index (κ1) is 13.2. The van der Waals surface area contributed by atoms with Crippen LogP contribution in [0.3, 0.4) is 0 Å². The van der Waals surface area contributed by atoms with Crippen molar-refractivity contribution in [2.24, 2.45) is 5.41 Å². The summed E-state index contributed by atoms with van der Waals surface area (Å²) in [7, 11) is 1.35. The number of rotatable bonds is 4. The summed E-state index contributed by atoms with van der Waals surface area (Å²) < 4.78 is 12.1. The normalized spacial score (nSPS) is 32.5. The van der Waals surface area contributed by atoms with Crippen LogP contribution >= 0.6 is 0 Å². The van der Waals surface area contributed by atoms with Crippen LogP contribution in [0.2, 0.25) is 0 Å². The molecule has 0 aromatic heterocycles. The fourth-order valence-corrected chi connectivity index (χ4v) is 4.46. The standard InChI is InChI=1S/C12H25NOS/c1-5-8-15(14)11-9-12(2,3)7-6-10(11)13-4/h10-11,13H,5-9H2,1-4H3. The molecule has 0 spiro atoms. The van der Waals surface area contributed by atoms with Crippen LogP contribution in [-0.4, -0.2) is 28.3 Å². The van der Waals surface area contributed by atoms with E-state index in [1.54, 1.807) is 0 Å². The Hall–Kier alpha value is 0.110. The fourth-order valence-electron chi connectivity index (χ4n) is 2.48. The second-order valence-electron chi connectivity index (χ2n) is 5.43. The molecule has 1 rings (SSSR count). The average molecular weight is 231 g/mol. The minimum Gasteiger partial charge on any atom is -0.316 e. The van der Waals surface area contributed by atoms with E-state index in [-0.39, 0.29) is 0 Å². The van der Waals surface area contributed by atoms with E-state index in [0.29, 0.717) is 16.7 Å². The molecule has 0 heterocycles. The maximum Gasteiger partial charge on any atom is 0.0506 e. The van der Waals surface area contributed by atoms with E-state index in [4.69, 9.17) is 0 Å². The quantitative estimate of drug-likeness (QED) is 0.804. The van der Waals surface area contributed by atoms with E-state index >= 15 is 0 Å². The molecule has 1 fully saturated rings. The van der Waals surface area contributed by atoms with Gasteiger partial charge in [-0.3, -0.25) is 4.21 Å². The highest BCUT2D eigenvalue weighted by Gasteiger charge is 2.36. The van der Waals surface area contributed by atoms with Gasteiger partial charge in [0.2, 0.25) is 0 Å². The maximum atomic E-state index is 12.1. The maximum absolute atomic E-state index is 12.1. The van der Waals surface area contributed by atoms with Crippen LogP contribution in [0.4, 0.5) is 0 Å². The lowest BCUT2D eigenvalue weighted by Crippen LogP contribution is -2.47. The molecule has 0 amide bonds. The molecule has 1 saturated carbocycles. The van der Waals surface area contributed by atoms with E-state index in [1.165, 1.54) is 12.8 Å². The molecule has 0 aromatic rings. The summed E-state index contributed by atoms with van der Waals surface area (Å²) in [4.78, 5) is 0. The van der Waals surface area contributed by atoms with Crippen molar-refractivity contribution in [3.63, 3.8) is 0 Å². The smallest absolute Gasteiger partial charge is 0.0506 e. The monoisotopic (exact) mass is 231 g/mol. The molecule has 90 valence electrons. The van der Waals surface area contributed by atoms with Crippen molar-refractivity contribution in [2.45, 2.75) is 57.7 Å². The Bertz CT molecular complexity index is 228. The van der Waals surface area contributed by atoms with Gasteiger partial charge in [-0.25, -0.2) is 0 Å². The molecule has 0 aromatic carbocycles. The van der Waals surface area contributed by atoms with Gasteiger partial charge in [0.05, 0.1) is 5.25 Å². The van der Waals surface area contributed by atoms with Gasteiger partial charge in [-0.05, 0) is 38.1 Å². The van der Waals surface area contributed by atoms with Crippen LogP contribution in [0.1, 0.15) is 46.5 Å². The third-order valence-corrected chi connectivity index (χ3v) is 5.43. The molecule has 3 atom stereocenters. The van der Waals surface area contributed by atoms with Gasteiger partial charge in [-0.2, -0.15) is 0 Å². The molecule has 3 unspecified atom stereocenters. The van der Waals surface area contributed by atoms with Crippen molar-refractivity contribution in [2.75, 3.05) is 12.8 Å². The number of nitrogens with one attached hydrogen (secondary N) is 1. The SMILES string of the molecule is CCCS(=O)C1CC(C)(C)CCC1NC. The molecule has 3 heteroatoms. The zero-order valence-corrected chi connectivity index (χ0v) is 11.3. The minimum absolute atomic E-state index is 0.360. The van der Waals surface area contributed by atoms with Crippen molar-refractivity contribution >= 4 is 10.8 Å². The lowest BCUT2D eigenvalue weighted by molar-refractivity contribution is 0.216. The van der Waals surface area contributed by atoms with Crippen LogP contribution in [0, 0.1) is 5.41 Å². The zero-order chi connectivity index (χ0) is 11.5. The average Bonchev–Trinajstić information content (AvgIpc) is 2.17. The van der Waals surface area contributed by atoms with Crippen molar-refractivity contribution in [1.82, 2.24) is 5.32 Å². The highest BCUT2D eigenvalue weighted by Crippen LogP contribution is 2.37. The van der Waals surface area contributed by atoms with Gasteiger partial charge in [0.1, 0.15) is 0 Å². The van der Waals surface area contributed by atoms with Crippen molar-refractivity contribution in [3.8, 4) is 0 Å². The fraction of sp³-hybridized carbons (Fsp3) is 1.00. The summed E-state index contributed by atoms with van der Waals surface area (Å²) in [6, 6.07) is 0.463. The van der Waals surface area contributed by atoms with E-state index in [0.717, 1.165) is 18.6 Å². The molecular formula is C12H25NOS. The van der Waals surface area contributed by atoms with Crippen LogP contribution in [0.25, 0.3) is 0 Å². The Morgan fingerprint density at radius 2 is 2.13 bits per heavy atom. The third-order valence-electron chi connectivity index (χ3n) is 3.45. The second kappa shape index (κ2) is 5.44. The summed E-state index contributed by atoms with van der Waals surface area (Å²) in [5.41, 5.74) is 0.376. The Kier molecular flexibility index (Phi) is 4.78. The predicted molar refractivity (Wildman–Crippen MR) is 67.6 cm³/mol. The molecule has 15 heavy (non-hydrogen) atoms. The zero-order valence-electron chi connectivity index (χ0n) is 10.5. The predicted octanol–water partition coefficient (Wildman–Crippen LogP) is 2.31. The largest absolute Gasteiger partial charge is 0.316 e. The lowest BCUT2D eigenvalue weighted by atomic mass is 9.75. The Morgan fingerprint density at radius 1 is 1.47 bits per heavy atom. The number of hydrogen-bond donors (Lipinski definition) is 1. The Morgan fingerprint density at radius 3 is 2.67 bits per heavy atom. The van der Waals surface area contributed by atoms with E-state index in [1.807, 2.05) is 7.05 Å². The van der Waals surface area contributed by atoms with Crippen molar-refractivity contribution in [1.29, 1.82) is 0 Å². The van der Waals surface area contributed by atoms with E-state index in [9.17, 15) is 4.21 Å². The van der Waals surface area contributed by atoms with Gasteiger partial charge in [0, 0.05) is 22.6 Å². The molecular weight excluding hydrogens is 206 g/mol. The van der Waals surface area contributed by atoms with Crippen LogP contribution in [0.5, 0.6) is 0 Å².